The molecule has 0 spiro atoms. The summed E-state index contributed by atoms with van der Waals surface area (Å²) in [7, 11) is 5.67. The molecule has 0 aliphatic rings. The fraction of sp³-hybridized carbons (Fsp3) is 0.625. The van der Waals surface area contributed by atoms with Gasteiger partial charge in [0.25, 0.3) is 0 Å². The molecule has 0 saturated carbocycles. The van der Waals surface area contributed by atoms with Gasteiger partial charge in [-0.25, -0.2) is 4.98 Å². The van der Waals surface area contributed by atoms with Crippen LogP contribution in [0.3, 0.4) is 0 Å². The zero-order valence-corrected chi connectivity index (χ0v) is 11.2. The summed E-state index contributed by atoms with van der Waals surface area (Å²) in [5.41, 5.74) is 0. The van der Waals surface area contributed by atoms with Crippen molar-refractivity contribution in [2.75, 3.05) is 0 Å². The van der Waals surface area contributed by atoms with Crippen LogP contribution >= 0.6 is 22.5 Å². The van der Waals surface area contributed by atoms with Crippen molar-refractivity contribution in [1.29, 1.82) is 0 Å². The average Bonchev–Trinajstić information content (AvgIpc) is 2.62. The van der Waals surface area contributed by atoms with Gasteiger partial charge in [-0.3, -0.25) is 10.0 Å². The lowest BCUT2D eigenvalue weighted by Crippen LogP contribution is -1.89. The van der Waals surface area contributed by atoms with Gasteiger partial charge in [0.1, 0.15) is 0 Å². The molecule has 1 atom stereocenters. The monoisotopic (exact) mass is 238 g/mol. The lowest BCUT2D eigenvalue weighted by atomic mass is 10.3. The molecule has 0 radical (unpaired) electrons. The molecule has 1 rings (SSSR count). The predicted molar refractivity (Wildman–Crippen MR) is 63.2 cm³/mol. The molecule has 2 nitrogen and oxygen atoms in total. The van der Waals surface area contributed by atoms with Crippen LogP contribution in [0.15, 0.2) is 18.7 Å². The van der Waals surface area contributed by atoms with Crippen LogP contribution in [0.5, 0.6) is 0 Å². The molecule has 0 fully saturated rings. The first-order valence-corrected chi connectivity index (χ1v) is 7.25. The Kier molecular flexibility index (Phi) is 15.0. The molecule has 5 heteroatoms. The first kappa shape index (κ1) is 15.8. The van der Waals surface area contributed by atoms with Crippen LogP contribution in [-0.2, 0) is 0 Å². The highest BCUT2D eigenvalue weighted by atomic mass is 35.6. The first-order valence-electron chi connectivity index (χ1n) is 4.30. The van der Waals surface area contributed by atoms with E-state index in [4.69, 9.17) is 10.0 Å². The third-order valence-corrected chi connectivity index (χ3v) is 3.97. The zero-order valence-electron chi connectivity index (χ0n) is 8.16. The largest absolute Gasteiger partial charge is 0.379 e. The minimum absolute atomic E-state index is 0. The molecular weight excluding hydrogens is 222 g/mol. The van der Waals surface area contributed by atoms with E-state index in [-0.39, 0.29) is 26.7 Å². The Bertz CT molecular complexity index is 142. The Morgan fingerprint density at radius 3 is 2.46 bits per heavy atom. The van der Waals surface area contributed by atoms with Gasteiger partial charge in [-0.05, 0) is 0 Å². The van der Waals surface area contributed by atoms with Gasteiger partial charge in [0.15, 0.2) is 0 Å². The van der Waals surface area contributed by atoms with Gasteiger partial charge in [-0.2, -0.15) is 0 Å². The molecule has 0 aliphatic carbocycles. The van der Waals surface area contributed by atoms with Crippen molar-refractivity contribution in [1.82, 2.24) is 9.97 Å². The summed E-state index contributed by atoms with van der Waals surface area (Å²) in [6.45, 7) is 4.44. The third kappa shape index (κ3) is 12.3. The van der Waals surface area contributed by atoms with Crippen LogP contribution in [0, 0.1) is 0 Å². The van der Waals surface area contributed by atoms with E-state index in [1.165, 1.54) is 12.8 Å². The van der Waals surface area contributed by atoms with Crippen molar-refractivity contribution in [2.24, 2.45) is 0 Å². The SMILES string of the molecule is CCC[CH](C)[AlH][Cl].Cl.c1c[nH]cn1. The van der Waals surface area contributed by atoms with Crippen LogP contribution in [0.1, 0.15) is 26.7 Å². The molecule has 1 N–H and O–H groups in total. The maximum atomic E-state index is 5.67. The number of halogens is 2. The lowest BCUT2D eigenvalue weighted by Gasteiger charge is -1.98. The molecule has 0 aromatic carbocycles. The quantitative estimate of drug-likeness (QED) is 0.807. The second-order valence-corrected chi connectivity index (χ2v) is 5.44. The number of nitrogens with one attached hydrogen (secondary N) is 1. The van der Waals surface area contributed by atoms with Crippen LogP contribution in [-0.4, -0.2) is 24.3 Å². The van der Waals surface area contributed by atoms with E-state index in [2.05, 4.69) is 23.8 Å². The Hall–Kier alpha value is 0.322. The fourth-order valence-corrected chi connectivity index (χ4v) is 1.81. The van der Waals surface area contributed by atoms with Crippen molar-refractivity contribution in [3.05, 3.63) is 18.7 Å². The maximum Gasteiger partial charge on any atom is 0.379 e. The van der Waals surface area contributed by atoms with Gasteiger partial charge in [0.2, 0.25) is 0 Å². The second-order valence-electron chi connectivity index (χ2n) is 2.81. The molecule has 1 aromatic rings. The second kappa shape index (κ2) is 12.3. The number of hydrogen-bond acceptors (Lipinski definition) is 1. The predicted octanol–water partition coefficient (Wildman–Crippen LogP) is 3.02. The number of rotatable bonds is 3. The van der Waals surface area contributed by atoms with Crippen molar-refractivity contribution in [3.63, 3.8) is 0 Å². The third-order valence-electron chi connectivity index (χ3n) is 1.45. The van der Waals surface area contributed by atoms with Crippen LogP contribution < -0.4 is 0 Å². The van der Waals surface area contributed by atoms with Gasteiger partial charge in [-0.1, -0.05) is 31.5 Å². The van der Waals surface area contributed by atoms with Crippen LogP contribution in [0.25, 0.3) is 0 Å². The molecule has 0 aliphatic heterocycles. The molecule has 0 amide bonds. The van der Waals surface area contributed by atoms with Gasteiger partial charge in [0.05, 0.1) is 6.33 Å². The van der Waals surface area contributed by atoms with Crippen molar-refractivity contribution >= 4 is 36.8 Å². The standard InChI is InChI=1S/C5H11.C3H4N2.Al.2ClH.H/c1-3-5-4-2;1-2-5-3-4-1;;;;/h3H,4-5H2,1-2H3;1-3H,(H,4,5);;2*1H;/q;;+1;;;/p-1. The maximum absolute atomic E-state index is 5.67. The van der Waals surface area contributed by atoms with Gasteiger partial charge in [-0.15, -0.1) is 12.4 Å². The number of hydrogen-bond donors (Lipinski definition) is 1. The lowest BCUT2D eigenvalue weighted by molar-refractivity contribution is 0.767. The summed E-state index contributed by atoms with van der Waals surface area (Å²) in [6.07, 6.45) is 7.70. The first-order chi connectivity index (χ1) is 5.81. The molecule has 1 unspecified atom stereocenters. The van der Waals surface area contributed by atoms with Gasteiger partial charge in [0, 0.05) is 12.4 Å². The highest BCUT2D eigenvalue weighted by molar-refractivity contribution is 6.94. The van der Waals surface area contributed by atoms with E-state index in [9.17, 15) is 0 Å². The minimum Gasteiger partial charge on any atom is -0.351 e. The number of H-pyrrole nitrogens is 1. The van der Waals surface area contributed by atoms with Crippen LogP contribution in [0.2, 0.25) is 4.78 Å². The Balaban J connectivity index is 0. The Morgan fingerprint density at radius 2 is 2.31 bits per heavy atom. The summed E-state index contributed by atoms with van der Waals surface area (Å²) in [5.74, 6) is 0. The Morgan fingerprint density at radius 1 is 1.62 bits per heavy atom. The number of aromatic amines is 1. The summed E-state index contributed by atoms with van der Waals surface area (Å²) < 4.78 is 0.853. The van der Waals surface area contributed by atoms with E-state index >= 15 is 0 Å². The average molecular weight is 239 g/mol. The molecule has 0 bridgehead atoms. The fourth-order valence-electron chi connectivity index (χ4n) is 0.785. The molecular formula is C8H17AlCl2N2. The van der Waals surface area contributed by atoms with Gasteiger partial charge >= 0.3 is 14.3 Å². The minimum atomic E-state index is -0.200. The van der Waals surface area contributed by atoms with Crippen molar-refractivity contribution in [2.45, 2.75) is 31.5 Å². The molecule has 1 heterocycles. The smallest absolute Gasteiger partial charge is 0.351 e. The summed E-state index contributed by atoms with van der Waals surface area (Å²) in [5, 5.41) is 0. The highest BCUT2D eigenvalue weighted by Gasteiger charge is 1.99. The number of imidazole rings is 1. The molecule has 1 aromatic heterocycles. The molecule has 76 valence electrons. The van der Waals surface area contributed by atoms with E-state index in [1.54, 1.807) is 18.7 Å². The number of aromatic nitrogens is 2. The molecule has 0 saturated heterocycles. The number of nitrogens with zero attached hydrogens (tertiary/aromatic N) is 1. The topological polar surface area (TPSA) is 28.7 Å². The summed E-state index contributed by atoms with van der Waals surface area (Å²) in [6, 6.07) is 0. The van der Waals surface area contributed by atoms with E-state index in [0.29, 0.717) is 0 Å². The van der Waals surface area contributed by atoms with Crippen LogP contribution in [0.4, 0.5) is 0 Å². The highest BCUT2D eigenvalue weighted by Crippen LogP contribution is 2.10. The summed E-state index contributed by atoms with van der Waals surface area (Å²) in [4.78, 5) is 6.42. The van der Waals surface area contributed by atoms with Crippen molar-refractivity contribution < 1.29 is 0 Å². The van der Waals surface area contributed by atoms with E-state index < -0.39 is 0 Å². The summed E-state index contributed by atoms with van der Waals surface area (Å²) >= 11 is -0.200. The van der Waals surface area contributed by atoms with E-state index in [1.807, 2.05) is 0 Å². The van der Waals surface area contributed by atoms with Gasteiger partial charge < -0.3 is 4.98 Å². The Labute approximate surface area is 96.8 Å². The normalized spacial score (nSPS) is 10.4. The zero-order chi connectivity index (χ0) is 9.23. The van der Waals surface area contributed by atoms with Crippen molar-refractivity contribution in [3.8, 4) is 0 Å². The van der Waals surface area contributed by atoms with E-state index in [0.717, 1.165) is 4.78 Å². The molecule has 13 heavy (non-hydrogen) atoms.